The molecule has 0 aliphatic rings. The van der Waals surface area contributed by atoms with Crippen LogP contribution < -0.4 is 0 Å². The summed E-state index contributed by atoms with van der Waals surface area (Å²) in [6, 6.07) is 0. The van der Waals surface area contributed by atoms with E-state index in [2.05, 4.69) is 0 Å². The Morgan fingerprint density at radius 1 is 1.06 bits per heavy atom. The van der Waals surface area contributed by atoms with Crippen LogP contribution in [0.15, 0.2) is 0 Å². The van der Waals surface area contributed by atoms with Crippen LogP contribution in [-0.2, 0) is 19.1 Å². The summed E-state index contributed by atoms with van der Waals surface area (Å²) in [7, 11) is 0. The summed E-state index contributed by atoms with van der Waals surface area (Å²) in [5, 5.41) is 26.3. The zero-order valence-corrected chi connectivity index (χ0v) is 9.67. The normalized spacial score (nSPS) is 11.5. The minimum absolute atomic E-state index is 0.0447. The van der Waals surface area contributed by atoms with Gasteiger partial charge in [-0.2, -0.15) is 0 Å². The van der Waals surface area contributed by atoms with E-state index in [-0.39, 0.29) is 19.1 Å². The lowest BCUT2D eigenvalue weighted by atomic mass is 9.83. The summed E-state index contributed by atoms with van der Waals surface area (Å²) in [5.74, 6) is -5.62. The average molecular weight is 248 g/mol. The van der Waals surface area contributed by atoms with Crippen molar-refractivity contribution in [3.63, 3.8) is 0 Å². The number of hydrogen-bond donors (Lipinski definition) is 3. The van der Waals surface area contributed by atoms with Gasteiger partial charge in [0.05, 0.1) is 6.10 Å². The first-order valence-electron chi connectivity index (χ1n) is 5.07. The van der Waals surface area contributed by atoms with Gasteiger partial charge in [0, 0.05) is 6.61 Å². The molecule has 0 aliphatic heterocycles. The Kier molecular flexibility index (Phi) is 5.60. The third-order valence-corrected chi connectivity index (χ3v) is 2.24. The molecule has 0 radical (unpaired) electrons. The monoisotopic (exact) mass is 248 g/mol. The first-order valence-corrected chi connectivity index (χ1v) is 5.07. The van der Waals surface area contributed by atoms with Crippen molar-refractivity contribution in [1.29, 1.82) is 0 Å². The van der Waals surface area contributed by atoms with Gasteiger partial charge >= 0.3 is 17.9 Å². The van der Waals surface area contributed by atoms with Crippen LogP contribution in [0.3, 0.4) is 0 Å². The Bertz CT molecular complexity index is 272. The van der Waals surface area contributed by atoms with E-state index in [0.29, 0.717) is 0 Å². The van der Waals surface area contributed by atoms with Crippen LogP contribution >= 0.6 is 0 Å². The van der Waals surface area contributed by atoms with Crippen molar-refractivity contribution in [1.82, 2.24) is 0 Å². The largest absolute Gasteiger partial charge is 0.480 e. The molecule has 0 fully saturated rings. The fourth-order valence-corrected chi connectivity index (χ4v) is 1.25. The molecule has 0 aliphatic carbocycles. The number of hydrogen-bond acceptors (Lipinski definition) is 4. The molecule has 7 heteroatoms. The van der Waals surface area contributed by atoms with Crippen molar-refractivity contribution < 1.29 is 34.4 Å². The molecule has 17 heavy (non-hydrogen) atoms. The van der Waals surface area contributed by atoms with E-state index in [9.17, 15) is 14.4 Å². The minimum Gasteiger partial charge on any atom is -0.480 e. The van der Waals surface area contributed by atoms with Crippen LogP contribution in [0.5, 0.6) is 0 Å². The molecule has 0 amide bonds. The number of rotatable bonds is 8. The molecule has 0 aromatic heterocycles. The highest BCUT2D eigenvalue weighted by Crippen LogP contribution is 2.25. The number of aliphatic carboxylic acids is 3. The molecule has 7 nitrogen and oxygen atoms in total. The molecule has 0 atom stereocenters. The van der Waals surface area contributed by atoms with Crippen molar-refractivity contribution in [2.75, 3.05) is 6.61 Å². The molecule has 0 saturated heterocycles. The Morgan fingerprint density at radius 2 is 1.47 bits per heavy atom. The quantitative estimate of drug-likeness (QED) is 0.420. The van der Waals surface area contributed by atoms with Gasteiger partial charge in [0.1, 0.15) is 0 Å². The molecule has 3 N–H and O–H groups in total. The van der Waals surface area contributed by atoms with Crippen molar-refractivity contribution in [3.8, 4) is 0 Å². The van der Waals surface area contributed by atoms with E-state index in [1.54, 1.807) is 13.8 Å². The minimum atomic E-state index is -2.79. The third-order valence-electron chi connectivity index (χ3n) is 2.24. The van der Waals surface area contributed by atoms with Gasteiger partial charge in [-0.05, 0) is 26.7 Å². The van der Waals surface area contributed by atoms with Crippen molar-refractivity contribution in [3.05, 3.63) is 0 Å². The molecule has 0 bridgehead atoms. The number of carboxylic acid groups (broad SMARTS) is 3. The molecule has 0 spiro atoms. The van der Waals surface area contributed by atoms with Crippen LogP contribution in [0.1, 0.15) is 26.7 Å². The highest BCUT2D eigenvalue weighted by molar-refractivity contribution is 6.16. The van der Waals surface area contributed by atoms with Gasteiger partial charge < -0.3 is 20.1 Å². The van der Waals surface area contributed by atoms with Gasteiger partial charge in [0.2, 0.25) is 0 Å². The Labute approximate surface area is 98.0 Å². The van der Waals surface area contributed by atoms with Gasteiger partial charge in [-0.15, -0.1) is 0 Å². The fourth-order valence-electron chi connectivity index (χ4n) is 1.25. The maximum atomic E-state index is 10.8. The van der Waals surface area contributed by atoms with Gasteiger partial charge in [-0.25, -0.2) is 0 Å². The van der Waals surface area contributed by atoms with Crippen LogP contribution in [-0.4, -0.2) is 45.9 Å². The van der Waals surface area contributed by atoms with Gasteiger partial charge in [-0.3, -0.25) is 14.4 Å². The predicted octanol–water partition coefficient (Wildman–Crippen LogP) is 0.432. The lowest BCUT2D eigenvalue weighted by molar-refractivity contribution is -0.176. The molecule has 0 aromatic carbocycles. The second kappa shape index (κ2) is 6.19. The SMILES string of the molecule is CC(C)OCCCC(C(=O)O)(C(=O)O)C(=O)O. The van der Waals surface area contributed by atoms with Gasteiger partial charge in [0.25, 0.3) is 5.41 Å². The maximum absolute atomic E-state index is 10.8. The van der Waals surface area contributed by atoms with Gasteiger partial charge in [0.15, 0.2) is 0 Å². The van der Waals surface area contributed by atoms with Crippen LogP contribution in [0, 0.1) is 5.41 Å². The van der Waals surface area contributed by atoms with Crippen LogP contribution in [0.2, 0.25) is 0 Å². The molecule has 98 valence electrons. The van der Waals surface area contributed by atoms with E-state index >= 15 is 0 Å². The summed E-state index contributed by atoms with van der Waals surface area (Å²) >= 11 is 0. The molecular formula is C10H16O7. The lowest BCUT2D eigenvalue weighted by Crippen LogP contribution is -2.46. The van der Waals surface area contributed by atoms with Crippen LogP contribution in [0.4, 0.5) is 0 Å². The zero-order valence-electron chi connectivity index (χ0n) is 9.67. The van der Waals surface area contributed by atoms with E-state index in [0.717, 1.165) is 0 Å². The molecule has 0 saturated carbocycles. The summed E-state index contributed by atoms with van der Waals surface area (Å²) in [5.41, 5.74) is -2.79. The van der Waals surface area contributed by atoms with E-state index in [4.69, 9.17) is 20.1 Å². The second-order valence-corrected chi connectivity index (χ2v) is 3.84. The van der Waals surface area contributed by atoms with Gasteiger partial charge in [-0.1, -0.05) is 0 Å². The number of carbonyl (C=O) groups is 3. The summed E-state index contributed by atoms with van der Waals surface area (Å²) in [6.45, 7) is 3.64. The number of carboxylic acids is 3. The second-order valence-electron chi connectivity index (χ2n) is 3.84. The summed E-state index contributed by atoms with van der Waals surface area (Å²) in [6.07, 6.45) is -0.549. The number of ether oxygens (including phenoxy) is 1. The fraction of sp³-hybridized carbons (Fsp3) is 0.700. The van der Waals surface area contributed by atoms with E-state index in [1.807, 2.05) is 0 Å². The predicted molar refractivity (Wildman–Crippen MR) is 55.7 cm³/mol. The topological polar surface area (TPSA) is 121 Å². The highest BCUT2D eigenvalue weighted by Gasteiger charge is 2.53. The smallest absolute Gasteiger partial charge is 0.332 e. The average Bonchev–Trinajstić information content (AvgIpc) is 2.15. The van der Waals surface area contributed by atoms with E-state index < -0.39 is 29.7 Å². The highest BCUT2D eigenvalue weighted by atomic mass is 16.5. The Hall–Kier alpha value is -1.63. The standard InChI is InChI=1S/C10H16O7/c1-6(2)17-5-3-4-10(7(11)12,8(13)14)9(15)16/h6H,3-5H2,1-2H3,(H,11,12)(H,13,14)(H,15,16). The summed E-state index contributed by atoms with van der Waals surface area (Å²) in [4.78, 5) is 32.5. The van der Waals surface area contributed by atoms with E-state index in [1.165, 1.54) is 0 Å². The van der Waals surface area contributed by atoms with Crippen molar-refractivity contribution >= 4 is 17.9 Å². The first-order chi connectivity index (χ1) is 7.75. The Morgan fingerprint density at radius 3 is 1.76 bits per heavy atom. The van der Waals surface area contributed by atoms with Crippen LogP contribution in [0.25, 0.3) is 0 Å². The maximum Gasteiger partial charge on any atom is 0.332 e. The zero-order chi connectivity index (χ0) is 13.6. The molecule has 0 heterocycles. The lowest BCUT2D eigenvalue weighted by Gasteiger charge is -2.19. The molecule has 0 rings (SSSR count). The third kappa shape index (κ3) is 3.70. The summed E-state index contributed by atoms with van der Waals surface area (Å²) < 4.78 is 5.10. The van der Waals surface area contributed by atoms with Crippen molar-refractivity contribution in [2.45, 2.75) is 32.8 Å². The first kappa shape index (κ1) is 15.4. The molecule has 0 unspecified atom stereocenters. The Balaban J connectivity index is 4.66. The van der Waals surface area contributed by atoms with Crippen molar-refractivity contribution in [2.24, 2.45) is 5.41 Å². The molecule has 0 aromatic rings. The molecular weight excluding hydrogens is 232 g/mol.